The van der Waals surface area contributed by atoms with Crippen molar-refractivity contribution in [3.05, 3.63) is 119 Å². The Balaban J connectivity index is 0.842. The number of piperazine rings is 1. The van der Waals surface area contributed by atoms with Gasteiger partial charge < -0.3 is 14.9 Å². The normalized spacial score (nSPS) is 22.0. The molecule has 258 valence electrons. The Morgan fingerprint density at radius 3 is 2.00 bits per heavy atom. The van der Waals surface area contributed by atoms with Crippen molar-refractivity contribution < 1.29 is 14.7 Å². The molecule has 0 unspecified atom stereocenters. The average molecular weight is 670 g/mol. The molecule has 8 rings (SSSR count). The Bertz CT molecular complexity index is 1800. The van der Waals surface area contributed by atoms with Crippen LogP contribution in [0.4, 0.5) is 21.9 Å². The topological polar surface area (TPSA) is 79.4 Å². The molecule has 3 amide bonds. The van der Waals surface area contributed by atoms with E-state index in [4.69, 9.17) is 0 Å². The Kier molecular flexibility index (Phi) is 9.19. The number of anilines is 3. The number of phenols is 1. The first-order valence-corrected chi connectivity index (χ1v) is 18.4. The van der Waals surface area contributed by atoms with Gasteiger partial charge in [-0.1, -0.05) is 48.5 Å². The lowest BCUT2D eigenvalue weighted by atomic mass is 9.69. The van der Waals surface area contributed by atoms with E-state index in [1.165, 1.54) is 53.0 Å². The van der Waals surface area contributed by atoms with Gasteiger partial charge in [-0.3, -0.25) is 19.9 Å². The molecule has 3 heterocycles. The van der Waals surface area contributed by atoms with Crippen LogP contribution in [0.5, 0.6) is 5.75 Å². The molecule has 3 fully saturated rings. The molecule has 3 saturated heterocycles. The van der Waals surface area contributed by atoms with Gasteiger partial charge in [0.05, 0.1) is 0 Å². The summed E-state index contributed by atoms with van der Waals surface area (Å²) in [5, 5.41) is 12.6. The van der Waals surface area contributed by atoms with E-state index in [1.54, 1.807) is 4.90 Å². The number of aromatic hydroxyl groups is 1. The number of urea groups is 1. The highest BCUT2D eigenvalue weighted by Gasteiger charge is 2.33. The first kappa shape index (κ1) is 32.4. The van der Waals surface area contributed by atoms with E-state index in [1.807, 2.05) is 24.3 Å². The minimum atomic E-state index is -0.338. The Morgan fingerprint density at radius 2 is 1.30 bits per heavy atom. The van der Waals surface area contributed by atoms with Crippen molar-refractivity contribution >= 4 is 29.0 Å². The highest BCUT2D eigenvalue weighted by atomic mass is 16.3. The van der Waals surface area contributed by atoms with Crippen LogP contribution in [0.1, 0.15) is 59.8 Å². The summed E-state index contributed by atoms with van der Waals surface area (Å²) in [7, 11) is 0. The standard InChI is InChI=1S/C42H47N5O3/c48-37-15-17-39-33(28-37)8-16-38(31-4-2-1-3-5-31)41(39)32-6-9-34(10-7-32)46-26-24-44(25-27-46)29-30-18-21-45(22-19-30)35-11-13-36(14-12-35)47-23-20-40(49)43-42(47)50/h1-7,9-15,17,28,30,38,41,48H,8,16,18-27,29H2,(H,43,49,50)/t38-,41+/m1/s1. The lowest BCUT2D eigenvalue weighted by molar-refractivity contribution is -0.120. The quantitative estimate of drug-likeness (QED) is 0.227. The van der Waals surface area contributed by atoms with Gasteiger partial charge in [-0.25, -0.2) is 4.79 Å². The number of phenolic OH excluding ortho intramolecular Hbond substituents is 1. The fourth-order valence-electron chi connectivity index (χ4n) is 8.75. The molecular weight excluding hydrogens is 622 g/mol. The zero-order chi connectivity index (χ0) is 34.0. The van der Waals surface area contributed by atoms with Gasteiger partial charge in [0.1, 0.15) is 5.75 Å². The van der Waals surface area contributed by atoms with Crippen molar-refractivity contribution in [2.45, 2.75) is 43.9 Å². The lowest BCUT2D eigenvalue weighted by Gasteiger charge is -2.40. The van der Waals surface area contributed by atoms with E-state index < -0.39 is 0 Å². The van der Waals surface area contributed by atoms with Gasteiger partial charge in [-0.05, 0) is 108 Å². The summed E-state index contributed by atoms with van der Waals surface area (Å²) in [6, 6.07) is 34.1. The molecule has 1 aliphatic carbocycles. The number of imide groups is 1. The number of aryl methyl sites for hydroxylation is 1. The molecule has 2 atom stereocenters. The monoisotopic (exact) mass is 669 g/mol. The van der Waals surface area contributed by atoms with Gasteiger partial charge in [0, 0.05) is 81.8 Å². The van der Waals surface area contributed by atoms with Crippen LogP contribution in [0.15, 0.2) is 97.1 Å². The van der Waals surface area contributed by atoms with Crippen molar-refractivity contribution in [1.82, 2.24) is 10.2 Å². The van der Waals surface area contributed by atoms with Crippen LogP contribution in [-0.4, -0.2) is 74.3 Å². The second-order valence-electron chi connectivity index (χ2n) is 14.5. The third-order valence-electron chi connectivity index (χ3n) is 11.5. The van der Waals surface area contributed by atoms with E-state index in [9.17, 15) is 14.7 Å². The van der Waals surface area contributed by atoms with Crippen LogP contribution in [-0.2, 0) is 11.2 Å². The minimum absolute atomic E-state index is 0.208. The third kappa shape index (κ3) is 6.81. The van der Waals surface area contributed by atoms with E-state index in [0.717, 1.165) is 57.8 Å². The highest BCUT2D eigenvalue weighted by Crippen LogP contribution is 2.47. The molecule has 4 aromatic carbocycles. The Labute approximate surface area is 295 Å². The molecule has 2 N–H and O–H groups in total. The molecule has 0 saturated carbocycles. The number of hydrogen-bond donors (Lipinski definition) is 2. The van der Waals surface area contributed by atoms with Crippen LogP contribution >= 0.6 is 0 Å². The first-order valence-electron chi connectivity index (χ1n) is 18.4. The molecule has 0 radical (unpaired) electrons. The van der Waals surface area contributed by atoms with Gasteiger partial charge in [-0.2, -0.15) is 0 Å². The number of rotatable bonds is 7. The summed E-state index contributed by atoms with van der Waals surface area (Å²) >= 11 is 0. The summed E-state index contributed by atoms with van der Waals surface area (Å²) in [6.45, 7) is 7.97. The maximum atomic E-state index is 12.2. The maximum absolute atomic E-state index is 12.2. The molecular formula is C42H47N5O3. The highest BCUT2D eigenvalue weighted by molar-refractivity contribution is 6.05. The maximum Gasteiger partial charge on any atom is 0.328 e. The largest absolute Gasteiger partial charge is 0.508 e. The molecule has 4 aromatic rings. The predicted octanol–water partition coefficient (Wildman–Crippen LogP) is 6.74. The Morgan fingerprint density at radius 1 is 0.640 bits per heavy atom. The lowest BCUT2D eigenvalue weighted by Crippen LogP contribution is -2.49. The number of hydrogen-bond acceptors (Lipinski definition) is 6. The number of piperidine rings is 1. The SMILES string of the molecule is O=C1CCN(c2ccc(N3CCC(CN4CCN(c5ccc([C@@H]6c7ccc(O)cc7CC[C@@H]6c6ccccc6)cc5)CC4)CC3)cc2)C(=O)N1. The first-order chi connectivity index (χ1) is 24.5. The molecule has 50 heavy (non-hydrogen) atoms. The number of fused-ring (bicyclic) bond motifs is 1. The zero-order valence-electron chi connectivity index (χ0n) is 28.7. The number of amides is 3. The average Bonchev–Trinajstić information content (AvgIpc) is 3.15. The van der Waals surface area contributed by atoms with E-state index in [0.29, 0.717) is 30.6 Å². The Hall–Kier alpha value is -4.82. The van der Waals surface area contributed by atoms with Crippen molar-refractivity contribution in [3.63, 3.8) is 0 Å². The van der Waals surface area contributed by atoms with Crippen LogP contribution in [0.3, 0.4) is 0 Å². The smallest absolute Gasteiger partial charge is 0.328 e. The minimum Gasteiger partial charge on any atom is -0.508 e. The molecule has 8 heteroatoms. The van der Waals surface area contributed by atoms with Crippen molar-refractivity contribution in [3.8, 4) is 5.75 Å². The van der Waals surface area contributed by atoms with Gasteiger partial charge in [0.2, 0.25) is 5.91 Å². The summed E-state index contributed by atoms with van der Waals surface area (Å²) in [5.41, 5.74) is 8.69. The second kappa shape index (κ2) is 14.2. The predicted molar refractivity (Wildman–Crippen MR) is 199 cm³/mol. The van der Waals surface area contributed by atoms with Crippen LogP contribution in [0.25, 0.3) is 0 Å². The van der Waals surface area contributed by atoms with E-state index in [-0.39, 0.29) is 17.9 Å². The summed E-state index contributed by atoms with van der Waals surface area (Å²) in [6.07, 6.45) is 4.78. The van der Waals surface area contributed by atoms with Gasteiger partial charge in [0.15, 0.2) is 0 Å². The van der Waals surface area contributed by atoms with Crippen molar-refractivity contribution in [2.75, 3.05) is 67.1 Å². The number of carbonyl (C=O) groups excluding carboxylic acids is 2. The summed E-state index contributed by atoms with van der Waals surface area (Å²) in [4.78, 5) is 33.0. The molecule has 0 bridgehead atoms. The van der Waals surface area contributed by atoms with E-state index in [2.05, 4.69) is 92.8 Å². The fourth-order valence-corrected chi connectivity index (χ4v) is 8.75. The molecule has 8 nitrogen and oxygen atoms in total. The van der Waals surface area contributed by atoms with Gasteiger partial charge in [-0.15, -0.1) is 0 Å². The molecule has 0 aromatic heterocycles. The summed E-state index contributed by atoms with van der Waals surface area (Å²) in [5.74, 6) is 1.55. The number of nitrogens with zero attached hydrogens (tertiary/aromatic N) is 4. The van der Waals surface area contributed by atoms with Crippen LogP contribution < -0.4 is 20.0 Å². The summed E-state index contributed by atoms with van der Waals surface area (Å²) < 4.78 is 0. The number of nitrogens with one attached hydrogen (secondary N) is 1. The molecule has 4 aliphatic rings. The van der Waals surface area contributed by atoms with Crippen molar-refractivity contribution in [2.24, 2.45) is 5.92 Å². The van der Waals surface area contributed by atoms with Gasteiger partial charge in [0.25, 0.3) is 0 Å². The number of benzene rings is 4. The fraction of sp³-hybridized carbons (Fsp3) is 0.381. The van der Waals surface area contributed by atoms with E-state index >= 15 is 0 Å². The number of carbonyl (C=O) groups is 2. The zero-order valence-corrected chi connectivity index (χ0v) is 28.7. The molecule has 3 aliphatic heterocycles. The van der Waals surface area contributed by atoms with Crippen LogP contribution in [0.2, 0.25) is 0 Å². The van der Waals surface area contributed by atoms with Crippen molar-refractivity contribution in [1.29, 1.82) is 0 Å². The van der Waals surface area contributed by atoms with Gasteiger partial charge >= 0.3 is 6.03 Å². The molecule has 0 spiro atoms. The third-order valence-corrected chi connectivity index (χ3v) is 11.5. The van der Waals surface area contributed by atoms with Crippen LogP contribution in [0, 0.1) is 5.92 Å². The second-order valence-corrected chi connectivity index (χ2v) is 14.5.